The molecule has 0 saturated carbocycles. The molecule has 28 heavy (non-hydrogen) atoms. The van der Waals surface area contributed by atoms with Gasteiger partial charge in [-0.25, -0.2) is 12.8 Å². The number of rotatable bonds is 6. The molecule has 1 heterocycles. The van der Waals surface area contributed by atoms with E-state index < -0.39 is 20.9 Å². The lowest BCUT2D eigenvalue weighted by Gasteiger charge is -2.17. The minimum atomic E-state index is -3.91. The smallest absolute Gasteiger partial charge is 0.251 e. The lowest BCUT2D eigenvalue weighted by atomic mass is 10.1. The minimum absolute atomic E-state index is 0.0456. The number of hydrogen-bond acceptors (Lipinski definition) is 4. The van der Waals surface area contributed by atoms with Gasteiger partial charge in [0.25, 0.3) is 5.91 Å². The molecule has 7 heteroatoms. The first-order valence-electron chi connectivity index (χ1n) is 8.67. The Morgan fingerprint density at radius 2 is 1.79 bits per heavy atom. The highest BCUT2D eigenvalue weighted by Crippen LogP contribution is 2.29. The first kappa shape index (κ1) is 19.8. The molecule has 0 aliphatic heterocycles. The van der Waals surface area contributed by atoms with Gasteiger partial charge < -0.3 is 9.73 Å². The Kier molecular flexibility index (Phi) is 5.65. The highest BCUT2D eigenvalue weighted by atomic mass is 32.2. The summed E-state index contributed by atoms with van der Waals surface area (Å²) in [7, 11) is -3.91. The van der Waals surface area contributed by atoms with Crippen LogP contribution < -0.4 is 5.32 Å². The van der Waals surface area contributed by atoms with Crippen LogP contribution in [0.4, 0.5) is 4.39 Å². The van der Waals surface area contributed by atoms with Crippen molar-refractivity contribution in [1.82, 2.24) is 5.32 Å². The Labute approximate surface area is 163 Å². The van der Waals surface area contributed by atoms with Crippen molar-refractivity contribution in [2.24, 2.45) is 0 Å². The molecule has 0 saturated heterocycles. The topological polar surface area (TPSA) is 76.4 Å². The van der Waals surface area contributed by atoms with E-state index in [1.807, 2.05) is 19.9 Å². The molecular formula is C21H20FNO4S. The van der Waals surface area contributed by atoms with Gasteiger partial charge in [-0.1, -0.05) is 6.07 Å². The predicted molar refractivity (Wildman–Crippen MR) is 103 cm³/mol. The van der Waals surface area contributed by atoms with Crippen LogP contribution >= 0.6 is 0 Å². The van der Waals surface area contributed by atoms with Gasteiger partial charge in [0.15, 0.2) is 9.84 Å². The number of amides is 1. The Bertz CT molecular complexity index is 1070. The molecule has 0 fully saturated rings. The molecule has 0 aliphatic carbocycles. The van der Waals surface area contributed by atoms with Crippen LogP contribution in [-0.4, -0.2) is 20.9 Å². The summed E-state index contributed by atoms with van der Waals surface area (Å²) < 4.78 is 44.6. The molecule has 0 bridgehead atoms. The SMILES string of the molecule is Cc1ccc(C(=O)NC[C@@H](c2ccco2)S(=O)(=O)c2ccc(F)cc2)cc1C. The second kappa shape index (κ2) is 7.98. The fraction of sp³-hybridized carbons (Fsp3) is 0.190. The number of benzene rings is 2. The summed E-state index contributed by atoms with van der Waals surface area (Å²) in [6, 6.07) is 13.0. The summed E-state index contributed by atoms with van der Waals surface area (Å²) in [5.41, 5.74) is 2.47. The molecule has 1 N–H and O–H groups in total. The van der Waals surface area contributed by atoms with Crippen molar-refractivity contribution in [3.63, 3.8) is 0 Å². The van der Waals surface area contributed by atoms with Gasteiger partial charge in [0, 0.05) is 12.1 Å². The van der Waals surface area contributed by atoms with Gasteiger partial charge in [0.1, 0.15) is 16.8 Å². The van der Waals surface area contributed by atoms with E-state index in [4.69, 9.17) is 4.42 Å². The number of furan rings is 1. The minimum Gasteiger partial charge on any atom is -0.468 e. The second-order valence-electron chi connectivity index (χ2n) is 6.51. The van der Waals surface area contributed by atoms with Gasteiger partial charge in [-0.3, -0.25) is 4.79 Å². The van der Waals surface area contributed by atoms with E-state index in [0.29, 0.717) is 5.56 Å². The number of nitrogens with one attached hydrogen (secondary N) is 1. The summed E-state index contributed by atoms with van der Waals surface area (Å²) in [5, 5.41) is 1.53. The molecule has 1 aromatic heterocycles. The molecule has 1 amide bonds. The molecule has 146 valence electrons. The third-order valence-electron chi connectivity index (χ3n) is 4.59. The van der Waals surface area contributed by atoms with Crippen LogP contribution in [0.25, 0.3) is 0 Å². The van der Waals surface area contributed by atoms with Gasteiger partial charge in [0.05, 0.1) is 11.2 Å². The first-order chi connectivity index (χ1) is 13.3. The van der Waals surface area contributed by atoms with Crippen molar-refractivity contribution in [3.8, 4) is 0 Å². The van der Waals surface area contributed by atoms with Gasteiger partial charge in [0.2, 0.25) is 0 Å². The van der Waals surface area contributed by atoms with Crippen LogP contribution in [0, 0.1) is 19.7 Å². The number of aryl methyl sites for hydroxylation is 2. The van der Waals surface area contributed by atoms with E-state index in [0.717, 1.165) is 23.3 Å². The molecule has 2 aromatic carbocycles. The maximum absolute atomic E-state index is 13.2. The van der Waals surface area contributed by atoms with Crippen molar-refractivity contribution in [3.05, 3.63) is 89.1 Å². The molecule has 0 spiro atoms. The number of carbonyl (C=O) groups is 1. The van der Waals surface area contributed by atoms with Crippen molar-refractivity contribution in [2.45, 2.75) is 24.0 Å². The van der Waals surface area contributed by atoms with Gasteiger partial charge in [-0.2, -0.15) is 0 Å². The average molecular weight is 401 g/mol. The van der Waals surface area contributed by atoms with Crippen LogP contribution in [0.1, 0.15) is 32.5 Å². The van der Waals surface area contributed by atoms with Crippen molar-refractivity contribution < 1.29 is 22.0 Å². The molecule has 0 unspecified atom stereocenters. The molecular weight excluding hydrogens is 381 g/mol. The van der Waals surface area contributed by atoms with Gasteiger partial charge in [-0.15, -0.1) is 0 Å². The summed E-state index contributed by atoms with van der Waals surface area (Å²) in [6.45, 7) is 3.66. The monoisotopic (exact) mass is 401 g/mol. The van der Waals surface area contributed by atoms with E-state index in [-0.39, 0.29) is 23.1 Å². The van der Waals surface area contributed by atoms with Crippen LogP contribution in [0.3, 0.4) is 0 Å². The maximum atomic E-state index is 13.2. The zero-order chi connectivity index (χ0) is 20.3. The third-order valence-corrected chi connectivity index (χ3v) is 6.67. The Balaban J connectivity index is 1.86. The highest BCUT2D eigenvalue weighted by molar-refractivity contribution is 7.91. The van der Waals surface area contributed by atoms with Gasteiger partial charge in [-0.05, 0) is 73.5 Å². The van der Waals surface area contributed by atoms with Crippen LogP contribution in [0.15, 0.2) is 70.2 Å². The lowest BCUT2D eigenvalue weighted by molar-refractivity contribution is 0.0953. The molecule has 0 aliphatic rings. The fourth-order valence-corrected chi connectivity index (χ4v) is 4.38. The normalized spacial score (nSPS) is 12.5. The summed E-state index contributed by atoms with van der Waals surface area (Å²) in [4.78, 5) is 12.5. The standard InChI is InChI=1S/C21H20FNO4S/c1-14-5-6-16(12-15(14)2)21(24)23-13-20(19-4-3-11-27-19)28(25,26)18-9-7-17(22)8-10-18/h3-12,20H,13H2,1-2H3,(H,23,24)/t20-/m0/s1. The second-order valence-corrected chi connectivity index (χ2v) is 8.64. The van der Waals surface area contributed by atoms with Gasteiger partial charge >= 0.3 is 0 Å². The predicted octanol–water partition coefficient (Wildman–Crippen LogP) is 3.98. The number of hydrogen-bond donors (Lipinski definition) is 1. The Morgan fingerprint density at radius 3 is 2.39 bits per heavy atom. The van der Waals surface area contributed by atoms with E-state index in [2.05, 4.69) is 5.32 Å². The molecule has 0 radical (unpaired) electrons. The quantitative estimate of drug-likeness (QED) is 0.634. The largest absolute Gasteiger partial charge is 0.468 e. The van der Waals surface area contributed by atoms with Crippen LogP contribution in [0.5, 0.6) is 0 Å². The highest BCUT2D eigenvalue weighted by Gasteiger charge is 2.32. The Hall–Kier alpha value is -2.93. The Morgan fingerprint density at radius 1 is 1.07 bits per heavy atom. The fourth-order valence-electron chi connectivity index (χ4n) is 2.80. The number of sulfone groups is 1. The maximum Gasteiger partial charge on any atom is 0.251 e. The number of halogens is 1. The van der Waals surface area contributed by atoms with Crippen LogP contribution in [-0.2, 0) is 9.84 Å². The summed E-state index contributed by atoms with van der Waals surface area (Å²) in [5.74, 6) is -0.713. The molecule has 3 aromatic rings. The summed E-state index contributed by atoms with van der Waals surface area (Å²) >= 11 is 0. The van der Waals surface area contributed by atoms with Crippen molar-refractivity contribution in [1.29, 1.82) is 0 Å². The van der Waals surface area contributed by atoms with E-state index in [1.165, 1.54) is 24.5 Å². The van der Waals surface area contributed by atoms with E-state index in [1.54, 1.807) is 18.2 Å². The average Bonchev–Trinajstić information content (AvgIpc) is 3.18. The van der Waals surface area contributed by atoms with Crippen molar-refractivity contribution in [2.75, 3.05) is 6.54 Å². The molecule has 5 nitrogen and oxygen atoms in total. The van der Waals surface area contributed by atoms with Crippen LogP contribution in [0.2, 0.25) is 0 Å². The number of carbonyl (C=O) groups excluding carboxylic acids is 1. The zero-order valence-electron chi connectivity index (χ0n) is 15.5. The van der Waals surface area contributed by atoms with Crippen molar-refractivity contribution >= 4 is 15.7 Å². The summed E-state index contributed by atoms with van der Waals surface area (Å²) in [6.07, 6.45) is 1.37. The van der Waals surface area contributed by atoms with E-state index >= 15 is 0 Å². The molecule has 1 atom stereocenters. The molecule has 3 rings (SSSR count). The first-order valence-corrected chi connectivity index (χ1v) is 10.2. The third kappa shape index (κ3) is 4.14. The van der Waals surface area contributed by atoms with E-state index in [9.17, 15) is 17.6 Å². The zero-order valence-corrected chi connectivity index (χ0v) is 16.3. The lowest BCUT2D eigenvalue weighted by Crippen LogP contribution is -2.31.